The van der Waals surface area contributed by atoms with Crippen molar-refractivity contribution in [1.29, 1.82) is 0 Å². The molecule has 100 valence electrons. The Morgan fingerprint density at radius 1 is 1.26 bits per heavy atom. The molecule has 1 N–H and O–H groups in total. The predicted molar refractivity (Wildman–Crippen MR) is 77.5 cm³/mol. The van der Waals surface area contributed by atoms with Gasteiger partial charge in [-0.15, -0.1) is 0 Å². The second-order valence-corrected chi connectivity index (χ2v) is 4.61. The van der Waals surface area contributed by atoms with Crippen LogP contribution in [0.15, 0.2) is 24.3 Å². The third kappa shape index (κ3) is 3.22. The third-order valence-electron chi connectivity index (χ3n) is 2.77. The van der Waals surface area contributed by atoms with Crippen LogP contribution in [0.4, 0.5) is 5.82 Å². The van der Waals surface area contributed by atoms with Gasteiger partial charge < -0.3 is 10.1 Å². The number of hydrogen-bond acceptors (Lipinski definition) is 4. The van der Waals surface area contributed by atoms with E-state index in [9.17, 15) is 0 Å². The number of aromatic nitrogens is 2. The van der Waals surface area contributed by atoms with Crippen molar-refractivity contribution in [1.82, 2.24) is 9.97 Å². The lowest BCUT2D eigenvalue weighted by Gasteiger charge is -2.08. The Labute approximate surface area is 117 Å². The van der Waals surface area contributed by atoms with E-state index in [1.165, 1.54) is 0 Å². The topological polar surface area (TPSA) is 47.0 Å². The Morgan fingerprint density at radius 3 is 2.68 bits per heavy atom. The smallest absolute Gasteiger partial charge is 0.157 e. The summed E-state index contributed by atoms with van der Waals surface area (Å²) in [6, 6.07) is 7.78. The zero-order valence-corrected chi connectivity index (χ0v) is 12.0. The lowest BCUT2D eigenvalue weighted by Crippen LogP contribution is -2.02. The highest BCUT2D eigenvalue weighted by Crippen LogP contribution is 2.25. The van der Waals surface area contributed by atoms with Crippen molar-refractivity contribution in [3.8, 4) is 11.3 Å². The molecule has 0 spiro atoms. The molecule has 1 aromatic carbocycles. The van der Waals surface area contributed by atoms with Crippen LogP contribution in [-0.2, 0) is 11.3 Å². The van der Waals surface area contributed by atoms with Crippen LogP contribution in [0.1, 0.15) is 11.4 Å². The summed E-state index contributed by atoms with van der Waals surface area (Å²) >= 11 is 6.15. The van der Waals surface area contributed by atoms with Gasteiger partial charge >= 0.3 is 0 Å². The average Bonchev–Trinajstić information content (AvgIpc) is 2.42. The minimum atomic E-state index is 0.377. The number of anilines is 1. The van der Waals surface area contributed by atoms with E-state index in [1.807, 2.05) is 38.2 Å². The molecule has 0 atom stereocenters. The molecule has 0 aliphatic rings. The van der Waals surface area contributed by atoms with Crippen LogP contribution in [0.5, 0.6) is 0 Å². The molecule has 0 aliphatic carbocycles. The van der Waals surface area contributed by atoms with Gasteiger partial charge in [0.25, 0.3) is 0 Å². The molecule has 0 saturated carbocycles. The largest absolute Gasteiger partial charge is 0.377 e. The van der Waals surface area contributed by atoms with Crippen molar-refractivity contribution in [2.45, 2.75) is 13.5 Å². The SMILES string of the molecule is CNc1cc(-c2ccc(C)c(Cl)c2)nc(COC)n1. The maximum absolute atomic E-state index is 6.15. The quantitative estimate of drug-likeness (QED) is 0.931. The Kier molecular flexibility index (Phi) is 4.35. The highest BCUT2D eigenvalue weighted by Gasteiger charge is 2.07. The van der Waals surface area contributed by atoms with Gasteiger partial charge in [-0.25, -0.2) is 9.97 Å². The first-order valence-electron chi connectivity index (χ1n) is 5.95. The number of benzene rings is 1. The molecule has 1 aromatic heterocycles. The van der Waals surface area contributed by atoms with E-state index in [-0.39, 0.29) is 0 Å². The number of rotatable bonds is 4. The number of ether oxygens (including phenoxy) is 1. The van der Waals surface area contributed by atoms with Gasteiger partial charge in [0.05, 0.1) is 5.69 Å². The minimum Gasteiger partial charge on any atom is -0.377 e. The molecule has 0 saturated heterocycles. The van der Waals surface area contributed by atoms with Crippen LogP contribution >= 0.6 is 11.6 Å². The molecule has 0 amide bonds. The van der Waals surface area contributed by atoms with E-state index in [2.05, 4.69) is 15.3 Å². The molecule has 0 fully saturated rings. The molecule has 5 heteroatoms. The molecule has 19 heavy (non-hydrogen) atoms. The van der Waals surface area contributed by atoms with Crippen molar-refractivity contribution in [3.63, 3.8) is 0 Å². The standard InChI is InChI=1S/C14H16ClN3O/c1-9-4-5-10(6-11(9)15)12-7-13(16-2)18-14(17-12)8-19-3/h4-7H,8H2,1-3H3,(H,16,17,18). The van der Waals surface area contributed by atoms with Gasteiger partial charge in [-0.2, -0.15) is 0 Å². The van der Waals surface area contributed by atoms with Crippen LogP contribution in [0, 0.1) is 6.92 Å². The van der Waals surface area contributed by atoms with Crippen LogP contribution in [-0.4, -0.2) is 24.1 Å². The zero-order valence-electron chi connectivity index (χ0n) is 11.2. The Morgan fingerprint density at radius 2 is 2.05 bits per heavy atom. The third-order valence-corrected chi connectivity index (χ3v) is 3.18. The normalized spacial score (nSPS) is 10.5. The molecular formula is C14H16ClN3O. The first kappa shape index (κ1) is 13.8. The fourth-order valence-electron chi connectivity index (χ4n) is 1.72. The van der Waals surface area contributed by atoms with Crippen molar-refractivity contribution in [2.24, 2.45) is 0 Å². The maximum Gasteiger partial charge on any atom is 0.157 e. The molecule has 2 aromatic rings. The van der Waals surface area contributed by atoms with Crippen molar-refractivity contribution in [3.05, 3.63) is 40.7 Å². The second-order valence-electron chi connectivity index (χ2n) is 4.20. The van der Waals surface area contributed by atoms with Crippen LogP contribution in [0.2, 0.25) is 5.02 Å². The van der Waals surface area contributed by atoms with E-state index in [4.69, 9.17) is 16.3 Å². The molecule has 1 heterocycles. The number of methoxy groups -OCH3 is 1. The summed E-state index contributed by atoms with van der Waals surface area (Å²) in [4.78, 5) is 8.80. The van der Waals surface area contributed by atoms with Gasteiger partial charge in [-0.1, -0.05) is 23.7 Å². The number of nitrogens with zero attached hydrogens (tertiary/aromatic N) is 2. The highest BCUT2D eigenvalue weighted by molar-refractivity contribution is 6.31. The molecule has 4 nitrogen and oxygen atoms in total. The summed E-state index contributed by atoms with van der Waals surface area (Å²) in [6.07, 6.45) is 0. The Balaban J connectivity index is 2.47. The minimum absolute atomic E-state index is 0.377. The van der Waals surface area contributed by atoms with E-state index in [1.54, 1.807) is 7.11 Å². The second kappa shape index (κ2) is 5.99. The molecule has 2 rings (SSSR count). The zero-order chi connectivity index (χ0) is 13.8. The maximum atomic E-state index is 6.15. The van der Waals surface area contributed by atoms with E-state index in [0.29, 0.717) is 12.4 Å². The summed E-state index contributed by atoms with van der Waals surface area (Å²) in [5.74, 6) is 1.40. The summed E-state index contributed by atoms with van der Waals surface area (Å²) in [5, 5.41) is 3.75. The molecule has 0 radical (unpaired) electrons. The fourth-order valence-corrected chi connectivity index (χ4v) is 1.90. The summed E-state index contributed by atoms with van der Waals surface area (Å²) < 4.78 is 5.08. The first-order valence-corrected chi connectivity index (χ1v) is 6.33. The monoisotopic (exact) mass is 277 g/mol. The summed E-state index contributed by atoms with van der Waals surface area (Å²) in [7, 11) is 3.45. The van der Waals surface area contributed by atoms with Gasteiger partial charge in [0.2, 0.25) is 0 Å². The lowest BCUT2D eigenvalue weighted by atomic mass is 10.1. The van der Waals surface area contributed by atoms with Gasteiger partial charge in [0.15, 0.2) is 5.82 Å². The Hall–Kier alpha value is -1.65. The number of nitrogens with one attached hydrogen (secondary N) is 1. The first-order chi connectivity index (χ1) is 9.13. The molecule has 0 aliphatic heterocycles. The fraction of sp³-hybridized carbons (Fsp3) is 0.286. The highest BCUT2D eigenvalue weighted by atomic mass is 35.5. The number of hydrogen-bond donors (Lipinski definition) is 1. The van der Waals surface area contributed by atoms with E-state index >= 15 is 0 Å². The van der Waals surface area contributed by atoms with Crippen LogP contribution < -0.4 is 5.32 Å². The predicted octanol–water partition coefficient (Wildman–Crippen LogP) is 3.29. The average molecular weight is 278 g/mol. The van der Waals surface area contributed by atoms with Crippen LogP contribution in [0.3, 0.4) is 0 Å². The molecular weight excluding hydrogens is 262 g/mol. The molecule has 0 unspecified atom stereocenters. The van der Waals surface area contributed by atoms with Gasteiger partial charge in [-0.05, 0) is 18.6 Å². The van der Waals surface area contributed by atoms with Gasteiger partial charge in [0, 0.05) is 30.8 Å². The van der Waals surface area contributed by atoms with E-state index in [0.717, 1.165) is 27.7 Å². The lowest BCUT2D eigenvalue weighted by molar-refractivity contribution is 0.178. The van der Waals surface area contributed by atoms with Crippen LogP contribution in [0.25, 0.3) is 11.3 Å². The molecule has 0 bridgehead atoms. The van der Waals surface area contributed by atoms with Crippen molar-refractivity contribution >= 4 is 17.4 Å². The van der Waals surface area contributed by atoms with Gasteiger partial charge in [0.1, 0.15) is 12.4 Å². The summed E-state index contributed by atoms with van der Waals surface area (Å²) in [5.41, 5.74) is 2.84. The number of halogens is 1. The van der Waals surface area contributed by atoms with Crippen molar-refractivity contribution in [2.75, 3.05) is 19.5 Å². The van der Waals surface area contributed by atoms with Crippen molar-refractivity contribution < 1.29 is 4.74 Å². The van der Waals surface area contributed by atoms with Gasteiger partial charge in [-0.3, -0.25) is 0 Å². The number of aryl methyl sites for hydroxylation is 1. The summed E-state index contributed by atoms with van der Waals surface area (Å²) in [6.45, 7) is 2.35. The Bertz CT molecular complexity index is 587. The van der Waals surface area contributed by atoms with E-state index < -0.39 is 0 Å².